The molecule has 4 nitrogen and oxygen atoms in total. The van der Waals surface area contributed by atoms with Crippen LogP contribution in [-0.2, 0) is 6.42 Å². The quantitative estimate of drug-likeness (QED) is 0.663. The normalized spacial score (nSPS) is 10.7. The highest BCUT2D eigenvalue weighted by Crippen LogP contribution is 2.20. The van der Waals surface area contributed by atoms with Crippen molar-refractivity contribution in [2.75, 3.05) is 6.54 Å². The van der Waals surface area contributed by atoms with Gasteiger partial charge in [-0.05, 0) is 19.4 Å². The molecule has 2 heterocycles. The molecule has 0 atom stereocenters. The van der Waals surface area contributed by atoms with Crippen molar-refractivity contribution in [3.63, 3.8) is 0 Å². The summed E-state index contributed by atoms with van der Waals surface area (Å²) in [7, 11) is 0. The minimum atomic E-state index is -0.774. The number of nitrogens with zero attached hydrogens (tertiary/aromatic N) is 2. The predicted molar refractivity (Wildman–Crippen MR) is 81.7 cm³/mol. The molecule has 0 aliphatic heterocycles. The molecule has 0 fully saturated rings. The molecule has 1 amide bonds. The van der Waals surface area contributed by atoms with E-state index in [1.807, 2.05) is 12.3 Å². The van der Waals surface area contributed by atoms with Crippen LogP contribution in [-0.4, -0.2) is 22.4 Å². The van der Waals surface area contributed by atoms with E-state index in [1.165, 1.54) is 0 Å². The van der Waals surface area contributed by atoms with Gasteiger partial charge in [0.15, 0.2) is 11.0 Å². The number of rotatable bonds is 5. The van der Waals surface area contributed by atoms with E-state index in [1.54, 1.807) is 11.3 Å². The van der Waals surface area contributed by atoms with E-state index in [4.69, 9.17) is 23.2 Å². The SMILES string of the molecule is Cc1csc(CCCNC(=O)c2cc(F)c(Cl)nc2Cl)n1. The molecule has 112 valence electrons. The van der Waals surface area contributed by atoms with E-state index in [9.17, 15) is 9.18 Å². The number of thiazole rings is 1. The van der Waals surface area contributed by atoms with Gasteiger partial charge in [-0.1, -0.05) is 23.2 Å². The molecule has 0 saturated carbocycles. The van der Waals surface area contributed by atoms with Crippen LogP contribution in [0.3, 0.4) is 0 Å². The summed E-state index contributed by atoms with van der Waals surface area (Å²) in [6, 6.07) is 0.983. The smallest absolute Gasteiger partial charge is 0.254 e. The van der Waals surface area contributed by atoms with Crippen LogP contribution in [0.4, 0.5) is 4.39 Å². The number of hydrogen-bond acceptors (Lipinski definition) is 4. The lowest BCUT2D eigenvalue weighted by Crippen LogP contribution is -2.25. The number of halogens is 3. The highest BCUT2D eigenvalue weighted by Gasteiger charge is 2.15. The van der Waals surface area contributed by atoms with Crippen LogP contribution in [0.1, 0.15) is 27.5 Å². The molecule has 0 unspecified atom stereocenters. The third-order valence-electron chi connectivity index (χ3n) is 2.65. The van der Waals surface area contributed by atoms with Gasteiger partial charge in [0.2, 0.25) is 0 Å². The first kappa shape index (κ1) is 16.1. The van der Waals surface area contributed by atoms with Crippen LogP contribution < -0.4 is 5.32 Å². The van der Waals surface area contributed by atoms with Crippen molar-refractivity contribution in [3.8, 4) is 0 Å². The number of pyridine rings is 1. The van der Waals surface area contributed by atoms with Crippen molar-refractivity contribution >= 4 is 40.4 Å². The standard InChI is InChI=1S/C13H12Cl2FN3OS/c1-7-6-21-10(18-7)3-2-4-17-13(20)8-5-9(16)12(15)19-11(8)14/h5-6H,2-4H2,1H3,(H,17,20). The Morgan fingerprint density at radius 2 is 2.14 bits per heavy atom. The second-order valence-electron chi connectivity index (χ2n) is 4.34. The lowest BCUT2D eigenvalue weighted by atomic mass is 10.2. The Bertz CT molecular complexity index is 663. The highest BCUT2D eigenvalue weighted by atomic mass is 35.5. The van der Waals surface area contributed by atoms with E-state index in [0.29, 0.717) is 6.54 Å². The summed E-state index contributed by atoms with van der Waals surface area (Å²) in [6.45, 7) is 2.38. The number of carbonyl (C=O) groups is 1. The van der Waals surface area contributed by atoms with Gasteiger partial charge in [-0.2, -0.15) is 0 Å². The summed E-state index contributed by atoms with van der Waals surface area (Å²) in [6.07, 6.45) is 1.51. The van der Waals surface area contributed by atoms with Gasteiger partial charge in [0.1, 0.15) is 5.15 Å². The maximum absolute atomic E-state index is 13.3. The first-order valence-electron chi connectivity index (χ1n) is 6.18. The van der Waals surface area contributed by atoms with Crippen molar-refractivity contribution < 1.29 is 9.18 Å². The summed E-state index contributed by atoms with van der Waals surface area (Å²) < 4.78 is 13.3. The lowest BCUT2D eigenvalue weighted by molar-refractivity contribution is 0.0952. The first-order chi connectivity index (χ1) is 9.97. The van der Waals surface area contributed by atoms with Gasteiger partial charge < -0.3 is 5.32 Å². The molecule has 2 aromatic rings. The second-order valence-corrected chi connectivity index (χ2v) is 6.00. The molecule has 21 heavy (non-hydrogen) atoms. The summed E-state index contributed by atoms with van der Waals surface area (Å²) in [5, 5.41) is 5.21. The summed E-state index contributed by atoms with van der Waals surface area (Å²) in [4.78, 5) is 19.8. The largest absolute Gasteiger partial charge is 0.352 e. The molecule has 0 spiro atoms. The molecule has 0 radical (unpaired) electrons. The number of nitrogens with one attached hydrogen (secondary N) is 1. The maximum Gasteiger partial charge on any atom is 0.254 e. The molecule has 0 bridgehead atoms. The summed E-state index contributed by atoms with van der Waals surface area (Å²) in [5.74, 6) is -1.25. The van der Waals surface area contributed by atoms with Gasteiger partial charge >= 0.3 is 0 Å². The Morgan fingerprint density at radius 1 is 1.38 bits per heavy atom. The zero-order valence-electron chi connectivity index (χ0n) is 11.1. The molecule has 0 aromatic carbocycles. The molecule has 2 rings (SSSR count). The fraction of sp³-hybridized carbons (Fsp3) is 0.308. The molecule has 1 N–H and O–H groups in total. The van der Waals surface area contributed by atoms with Crippen LogP contribution in [0.5, 0.6) is 0 Å². The van der Waals surface area contributed by atoms with Gasteiger partial charge in [0, 0.05) is 24.0 Å². The summed E-state index contributed by atoms with van der Waals surface area (Å²) >= 11 is 12.8. The van der Waals surface area contributed by atoms with Gasteiger partial charge in [-0.15, -0.1) is 11.3 Å². The molecule has 0 aliphatic carbocycles. The molecular formula is C13H12Cl2FN3OS. The Kier molecular flexibility index (Phi) is 5.50. The average Bonchev–Trinajstić information content (AvgIpc) is 2.84. The lowest BCUT2D eigenvalue weighted by Gasteiger charge is -2.06. The zero-order chi connectivity index (χ0) is 15.4. The fourth-order valence-electron chi connectivity index (χ4n) is 1.66. The van der Waals surface area contributed by atoms with Crippen LogP contribution in [0.15, 0.2) is 11.4 Å². The van der Waals surface area contributed by atoms with Crippen molar-refractivity contribution in [2.24, 2.45) is 0 Å². The van der Waals surface area contributed by atoms with Gasteiger partial charge in [-0.3, -0.25) is 4.79 Å². The summed E-state index contributed by atoms with van der Waals surface area (Å²) in [5.41, 5.74) is 0.970. The highest BCUT2D eigenvalue weighted by molar-refractivity contribution is 7.09. The number of aryl methyl sites for hydroxylation is 2. The van der Waals surface area contributed by atoms with Crippen molar-refractivity contribution in [3.05, 3.63) is 43.8 Å². The van der Waals surface area contributed by atoms with Crippen LogP contribution in [0.25, 0.3) is 0 Å². The van der Waals surface area contributed by atoms with Crippen LogP contribution in [0, 0.1) is 12.7 Å². The zero-order valence-corrected chi connectivity index (χ0v) is 13.4. The Labute approximate surface area is 135 Å². The Balaban J connectivity index is 1.86. The topological polar surface area (TPSA) is 54.9 Å². The van der Waals surface area contributed by atoms with Crippen molar-refractivity contribution in [1.82, 2.24) is 15.3 Å². The van der Waals surface area contributed by atoms with E-state index < -0.39 is 11.7 Å². The molecule has 0 saturated heterocycles. The van der Waals surface area contributed by atoms with E-state index >= 15 is 0 Å². The maximum atomic E-state index is 13.3. The third kappa shape index (κ3) is 4.36. The van der Waals surface area contributed by atoms with Gasteiger partial charge in [-0.25, -0.2) is 14.4 Å². The average molecular weight is 348 g/mol. The second kappa shape index (κ2) is 7.15. The Hall–Kier alpha value is -1.24. The fourth-order valence-corrected chi connectivity index (χ4v) is 2.88. The predicted octanol–water partition coefficient (Wildman–Crippen LogP) is 3.66. The molecule has 0 aliphatic rings. The molecule has 2 aromatic heterocycles. The monoisotopic (exact) mass is 347 g/mol. The minimum Gasteiger partial charge on any atom is -0.352 e. The van der Waals surface area contributed by atoms with Crippen molar-refractivity contribution in [1.29, 1.82) is 0 Å². The van der Waals surface area contributed by atoms with E-state index in [0.717, 1.165) is 29.6 Å². The van der Waals surface area contributed by atoms with Crippen LogP contribution >= 0.6 is 34.5 Å². The van der Waals surface area contributed by atoms with Crippen molar-refractivity contribution in [2.45, 2.75) is 19.8 Å². The Morgan fingerprint density at radius 3 is 2.81 bits per heavy atom. The number of carbonyl (C=O) groups excluding carboxylic acids is 1. The molecular weight excluding hydrogens is 336 g/mol. The first-order valence-corrected chi connectivity index (χ1v) is 7.81. The van der Waals surface area contributed by atoms with Crippen LogP contribution in [0.2, 0.25) is 10.3 Å². The number of hydrogen-bond donors (Lipinski definition) is 1. The number of amides is 1. The van der Waals surface area contributed by atoms with Gasteiger partial charge in [0.25, 0.3) is 5.91 Å². The minimum absolute atomic E-state index is 0.0244. The van der Waals surface area contributed by atoms with Gasteiger partial charge in [0.05, 0.1) is 10.6 Å². The molecule has 8 heteroatoms. The van der Waals surface area contributed by atoms with E-state index in [2.05, 4.69) is 15.3 Å². The number of aromatic nitrogens is 2. The van der Waals surface area contributed by atoms with E-state index in [-0.39, 0.29) is 15.9 Å². The third-order valence-corrected chi connectivity index (χ3v) is 4.23.